The Kier molecular flexibility index (Phi) is 5.09. The Morgan fingerprint density at radius 3 is 2.45 bits per heavy atom. The van der Waals surface area contributed by atoms with Crippen LogP contribution in [0.2, 0.25) is 15.2 Å². The van der Waals surface area contributed by atoms with Gasteiger partial charge in [0.05, 0.1) is 22.3 Å². The number of ether oxygens (including phenoxy) is 1. The monoisotopic (exact) mass is 355 g/mol. The lowest BCUT2D eigenvalue weighted by Gasteiger charge is -2.09. The SMILES string of the molecule is N#Cc1ccc(COC(=O)c2nc(Cl)c(Cl)c(N)c2Cl)cc1. The van der Waals surface area contributed by atoms with Crippen molar-refractivity contribution >= 4 is 46.5 Å². The summed E-state index contributed by atoms with van der Waals surface area (Å²) >= 11 is 17.5. The van der Waals surface area contributed by atoms with Crippen molar-refractivity contribution in [2.75, 3.05) is 5.73 Å². The van der Waals surface area contributed by atoms with Crippen molar-refractivity contribution in [1.29, 1.82) is 5.26 Å². The van der Waals surface area contributed by atoms with Gasteiger partial charge in [0.1, 0.15) is 11.6 Å². The van der Waals surface area contributed by atoms with Crippen LogP contribution >= 0.6 is 34.8 Å². The first kappa shape index (κ1) is 16.4. The molecule has 0 aliphatic heterocycles. The molecule has 0 aliphatic carbocycles. The maximum absolute atomic E-state index is 12.0. The highest BCUT2D eigenvalue weighted by molar-refractivity contribution is 6.46. The zero-order valence-electron chi connectivity index (χ0n) is 10.9. The van der Waals surface area contributed by atoms with Gasteiger partial charge in [-0.25, -0.2) is 9.78 Å². The van der Waals surface area contributed by atoms with Gasteiger partial charge in [-0.05, 0) is 17.7 Å². The highest BCUT2D eigenvalue weighted by Crippen LogP contribution is 2.34. The summed E-state index contributed by atoms with van der Waals surface area (Å²) in [7, 11) is 0. The first-order valence-corrected chi connectivity index (χ1v) is 7.03. The fraction of sp³-hybridized carbons (Fsp3) is 0.0714. The zero-order valence-corrected chi connectivity index (χ0v) is 13.2. The summed E-state index contributed by atoms with van der Waals surface area (Å²) in [6, 6.07) is 8.57. The minimum atomic E-state index is -0.778. The molecule has 0 radical (unpaired) electrons. The lowest BCUT2D eigenvalue weighted by Crippen LogP contribution is -2.10. The second-order valence-electron chi connectivity index (χ2n) is 4.18. The Morgan fingerprint density at radius 2 is 1.86 bits per heavy atom. The molecule has 0 fully saturated rings. The van der Waals surface area contributed by atoms with Crippen LogP contribution < -0.4 is 5.73 Å². The third-order valence-corrected chi connectivity index (χ3v) is 3.85. The van der Waals surface area contributed by atoms with Crippen LogP contribution in [0.5, 0.6) is 0 Å². The number of aromatic nitrogens is 1. The van der Waals surface area contributed by atoms with Crippen molar-refractivity contribution in [3.8, 4) is 6.07 Å². The molecule has 1 heterocycles. The summed E-state index contributed by atoms with van der Waals surface area (Å²) in [5.74, 6) is -0.778. The predicted molar refractivity (Wildman–Crippen MR) is 84.0 cm³/mol. The van der Waals surface area contributed by atoms with Gasteiger partial charge < -0.3 is 10.5 Å². The molecule has 22 heavy (non-hydrogen) atoms. The number of carbonyl (C=O) groups is 1. The van der Waals surface area contributed by atoms with Crippen LogP contribution in [-0.4, -0.2) is 11.0 Å². The fourth-order valence-corrected chi connectivity index (χ4v) is 2.14. The molecule has 1 aromatic heterocycles. The summed E-state index contributed by atoms with van der Waals surface area (Å²) < 4.78 is 5.09. The van der Waals surface area contributed by atoms with Gasteiger partial charge in [0, 0.05) is 0 Å². The number of nitrogens with two attached hydrogens (primary N) is 1. The molecule has 2 N–H and O–H groups in total. The van der Waals surface area contributed by atoms with E-state index in [1.165, 1.54) is 0 Å². The smallest absolute Gasteiger partial charge is 0.358 e. The third kappa shape index (κ3) is 3.42. The van der Waals surface area contributed by atoms with Gasteiger partial charge in [0.2, 0.25) is 0 Å². The van der Waals surface area contributed by atoms with E-state index in [0.717, 1.165) is 0 Å². The van der Waals surface area contributed by atoms with Gasteiger partial charge in [0.15, 0.2) is 10.8 Å². The highest BCUT2D eigenvalue weighted by Gasteiger charge is 2.20. The maximum Gasteiger partial charge on any atom is 0.358 e. The first-order valence-electron chi connectivity index (χ1n) is 5.90. The molecular weight excluding hydrogens is 349 g/mol. The second-order valence-corrected chi connectivity index (χ2v) is 5.29. The first-order chi connectivity index (χ1) is 10.4. The van der Waals surface area contributed by atoms with Crippen LogP contribution in [0.4, 0.5) is 5.69 Å². The largest absolute Gasteiger partial charge is 0.456 e. The molecule has 0 aliphatic rings. The van der Waals surface area contributed by atoms with Gasteiger partial charge in [-0.15, -0.1) is 0 Å². The van der Waals surface area contributed by atoms with Crippen LogP contribution in [0.3, 0.4) is 0 Å². The van der Waals surface area contributed by atoms with Crippen LogP contribution in [0, 0.1) is 11.3 Å². The molecule has 5 nitrogen and oxygen atoms in total. The molecule has 0 bridgehead atoms. The topological polar surface area (TPSA) is 89.0 Å². The van der Waals surface area contributed by atoms with Gasteiger partial charge in [-0.2, -0.15) is 5.26 Å². The average molecular weight is 357 g/mol. The van der Waals surface area contributed by atoms with Crippen molar-refractivity contribution in [3.05, 3.63) is 56.3 Å². The number of nitrogens with zero attached hydrogens (tertiary/aromatic N) is 2. The fourth-order valence-electron chi connectivity index (χ4n) is 1.56. The number of benzene rings is 1. The van der Waals surface area contributed by atoms with E-state index < -0.39 is 5.97 Å². The normalized spacial score (nSPS) is 10.1. The van der Waals surface area contributed by atoms with Crippen molar-refractivity contribution < 1.29 is 9.53 Å². The number of hydrogen-bond acceptors (Lipinski definition) is 5. The number of nitrogen functional groups attached to an aromatic ring is 1. The molecule has 2 aromatic rings. The Hall–Kier alpha value is -2.00. The quantitative estimate of drug-likeness (QED) is 0.666. The second kappa shape index (κ2) is 6.84. The third-order valence-electron chi connectivity index (χ3n) is 2.72. The lowest BCUT2D eigenvalue weighted by atomic mass is 10.2. The maximum atomic E-state index is 12.0. The summed E-state index contributed by atoms with van der Waals surface area (Å²) in [5.41, 5.74) is 6.61. The number of hydrogen-bond donors (Lipinski definition) is 1. The molecule has 8 heteroatoms. The van der Waals surface area contributed by atoms with Crippen LogP contribution in [0.1, 0.15) is 21.6 Å². The van der Waals surface area contributed by atoms with Crippen molar-refractivity contribution in [1.82, 2.24) is 4.98 Å². The molecule has 0 atom stereocenters. The summed E-state index contributed by atoms with van der Waals surface area (Å²) in [5, 5.41) is 8.45. The van der Waals surface area contributed by atoms with Crippen LogP contribution in [0.15, 0.2) is 24.3 Å². The van der Waals surface area contributed by atoms with E-state index >= 15 is 0 Å². The average Bonchev–Trinajstić information content (AvgIpc) is 2.54. The molecule has 0 saturated carbocycles. The summed E-state index contributed by atoms with van der Waals surface area (Å²) in [4.78, 5) is 15.8. The number of rotatable bonds is 3. The molecule has 112 valence electrons. The number of anilines is 1. The molecule has 0 spiro atoms. The molecule has 2 rings (SSSR count). The highest BCUT2D eigenvalue weighted by atomic mass is 35.5. The number of esters is 1. The van der Waals surface area contributed by atoms with Gasteiger partial charge in [-0.3, -0.25) is 0 Å². The number of carbonyl (C=O) groups excluding carboxylic acids is 1. The minimum absolute atomic E-state index is 0.0112. The Balaban J connectivity index is 2.14. The van der Waals surface area contributed by atoms with E-state index in [-0.39, 0.29) is 33.2 Å². The van der Waals surface area contributed by atoms with Crippen LogP contribution in [-0.2, 0) is 11.3 Å². The molecule has 1 aromatic carbocycles. The number of nitriles is 1. The predicted octanol–water partition coefficient (Wildman–Crippen LogP) is 3.85. The van der Waals surface area contributed by atoms with E-state index in [1.807, 2.05) is 6.07 Å². The van der Waals surface area contributed by atoms with E-state index in [4.69, 9.17) is 50.5 Å². The minimum Gasteiger partial charge on any atom is -0.456 e. The van der Waals surface area contributed by atoms with Gasteiger partial charge >= 0.3 is 5.97 Å². The number of pyridine rings is 1. The zero-order chi connectivity index (χ0) is 16.3. The van der Waals surface area contributed by atoms with Crippen LogP contribution in [0.25, 0.3) is 0 Å². The van der Waals surface area contributed by atoms with Crippen molar-refractivity contribution in [2.24, 2.45) is 0 Å². The number of halogens is 3. The van der Waals surface area contributed by atoms with Gasteiger partial charge in [0.25, 0.3) is 0 Å². The Bertz CT molecular complexity index is 770. The Labute approximate surface area is 141 Å². The molecule has 0 unspecified atom stereocenters. The standard InChI is InChI=1S/C14H8Cl3N3O2/c15-9-11(19)10(16)13(17)20-12(9)14(21)22-6-8-3-1-7(5-18)2-4-8/h1-4H,6H2,(H2,19,20). The van der Waals surface area contributed by atoms with Gasteiger partial charge in [-0.1, -0.05) is 46.9 Å². The summed E-state index contributed by atoms with van der Waals surface area (Å²) in [6.07, 6.45) is 0. The Morgan fingerprint density at radius 1 is 1.23 bits per heavy atom. The van der Waals surface area contributed by atoms with E-state index in [0.29, 0.717) is 11.1 Å². The van der Waals surface area contributed by atoms with E-state index in [2.05, 4.69) is 4.98 Å². The van der Waals surface area contributed by atoms with E-state index in [1.54, 1.807) is 24.3 Å². The lowest BCUT2D eigenvalue weighted by molar-refractivity contribution is 0.0466. The summed E-state index contributed by atoms with van der Waals surface area (Å²) in [6.45, 7) is -0.0112. The molecule has 0 amide bonds. The van der Waals surface area contributed by atoms with Crippen molar-refractivity contribution in [3.63, 3.8) is 0 Å². The molecular formula is C14H8Cl3N3O2. The van der Waals surface area contributed by atoms with E-state index in [9.17, 15) is 4.79 Å². The molecule has 0 saturated heterocycles. The van der Waals surface area contributed by atoms with Crippen molar-refractivity contribution in [2.45, 2.75) is 6.61 Å².